The third-order valence-electron chi connectivity index (χ3n) is 5.96. The number of rotatable bonds is 9. The van der Waals surface area contributed by atoms with Gasteiger partial charge < -0.3 is 19.9 Å². The number of nitrogens with one attached hydrogen (secondary N) is 1. The van der Waals surface area contributed by atoms with Crippen molar-refractivity contribution in [3.05, 3.63) is 71.5 Å². The summed E-state index contributed by atoms with van der Waals surface area (Å²) in [5, 5.41) is 12.7. The van der Waals surface area contributed by atoms with E-state index in [0.717, 1.165) is 12.1 Å². The second-order valence-electron chi connectivity index (χ2n) is 8.84. The van der Waals surface area contributed by atoms with E-state index in [1.54, 1.807) is 26.8 Å². The number of alkyl halides is 3. The van der Waals surface area contributed by atoms with Gasteiger partial charge in [-0.3, -0.25) is 4.79 Å². The van der Waals surface area contributed by atoms with E-state index in [1.807, 2.05) is 0 Å². The van der Waals surface area contributed by atoms with Crippen LogP contribution in [0.3, 0.4) is 0 Å². The highest BCUT2D eigenvalue weighted by atomic mass is 19.4. The molecule has 0 aromatic heterocycles. The molecule has 0 aliphatic carbocycles. The fourth-order valence-corrected chi connectivity index (χ4v) is 3.57. The largest absolute Gasteiger partial charge is 0.573 e. The van der Waals surface area contributed by atoms with E-state index < -0.39 is 41.3 Å². The van der Waals surface area contributed by atoms with E-state index in [-0.39, 0.29) is 28.7 Å². The minimum absolute atomic E-state index is 0.0109. The van der Waals surface area contributed by atoms with Crippen molar-refractivity contribution in [2.75, 3.05) is 0 Å². The Morgan fingerprint density at radius 3 is 2.25 bits per heavy atom. The van der Waals surface area contributed by atoms with Crippen LogP contribution >= 0.6 is 0 Å². The summed E-state index contributed by atoms with van der Waals surface area (Å²) in [6.45, 7) is 5.07. The maximum Gasteiger partial charge on any atom is 0.573 e. The van der Waals surface area contributed by atoms with E-state index in [2.05, 4.69) is 10.1 Å². The Hall–Kier alpha value is -3.82. The molecule has 6 nitrogen and oxygen atoms in total. The Morgan fingerprint density at radius 2 is 1.67 bits per heavy atom. The molecular weight excluding hydrogens is 482 g/mol. The third-order valence-corrected chi connectivity index (χ3v) is 5.96. The van der Waals surface area contributed by atoms with Crippen LogP contribution in [0.4, 0.5) is 17.6 Å². The third kappa shape index (κ3) is 6.24. The molecule has 3 aromatic carbocycles. The monoisotopic (exact) mass is 507 g/mol. The summed E-state index contributed by atoms with van der Waals surface area (Å²) < 4.78 is 61.3. The number of halogens is 4. The molecule has 0 saturated carbocycles. The standard InChI is InChI=1S/C26H25F4NO5/c1-4-25(2,3)22(24(33)34)31-23(32)19-13-12-17-18(6-5-7-20(17)27)21(19)35-14-15-8-10-16(11-9-15)36-26(28,29)30/h5-13,22H,4,14H2,1-3H3,(H,31,32)(H,33,34)/t22-/m1/s1. The normalized spacial score (nSPS) is 12.8. The zero-order chi connectivity index (χ0) is 26.7. The van der Waals surface area contributed by atoms with Crippen molar-refractivity contribution in [1.82, 2.24) is 5.32 Å². The number of carbonyl (C=O) groups excluding carboxylic acids is 1. The van der Waals surface area contributed by atoms with Crippen LogP contribution in [0.5, 0.6) is 11.5 Å². The van der Waals surface area contributed by atoms with Crippen LogP contribution < -0.4 is 14.8 Å². The SMILES string of the molecule is CCC(C)(C)[C@H](NC(=O)c1ccc2c(F)cccc2c1OCc1ccc(OC(F)(F)F)cc1)C(=O)O. The van der Waals surface area contributed by atoms with Crippen molar-refractivity contribution in [3.63, 3.8) is 0 Å². The summed E-state index contributed by atoms with van der Waals surface area (Å²) >= 11 is 0. The average Bonchev–Trinajstić information content (AvgIpc) is 2.80. The summed E-state index contributed by atoms with van der Waals surface area (Å²) in [5.74, 6) is -2.87. The highest BCUT2D eigenvalue weighted by Gasteiger charge is 2.36. The van der Waals surface area contributed by atoms with Crippen molar-refractivity contribution in [2.45, 2.75) is 46.2 Å². The van der Waals surface area contributed by atoms with Gasteiger partial charge in [-0.25, -0.2) is 9.18 Å². The van der Waals surface area contributed by atoms with Crippen molar-refractivity contribution in [3.8, 4) is 11.5 Å². The van der Waals surface area contributed by atoms with Crippen LogP contribution in [-0.4, -0.2) is 29.4 Å². The second kappa shape index (κ2) is 10.4. The lowest BCUT2D eigenvalue weighted by atomic mass is 9.81. The fourth-order valence-electron chi connectivity index (χ4n) is 3.57. The van der Waals surface area contributed by atoms with E-state index in [0.29, 0.717) is 12.0 Å². The summed E-state index contributed by atoms with van der Waals surface area (Å²) in [6, 6.07) is 10.7. The first kappa shape index (κ1) is 26.8. The van der Waals surface area contributed by atoms with Crippen LogP contribution in [-0.2, 0) is 11.4 Å². The lowest BCUT2D eigenvalue weighted by Crippen LogP contribution is -2.50. The molecule has 0 fully saturated rings. The number of hydrogen-bond acceptors (Lipinski definition) is 4. The number of amides is 1. The lowest BCUT2D eigenvalue weighted by Gasteiger charge is -2.31. The van der Waals surface area contributed by atoms with Gasteiger partial charge in [0.25, 0.3) is 5.91 Å². The van der Waals surface area contributed by atoms with Gasteiger partial charge in [0.2, 0.25) is 0 Å². The minimum atomic E-state index is -4.83. The zero-order valence-electron chi connectivity index (χ0n) is 19.8. The number of hydrogen-bond donors (Lipinski definition) is 2. The zero-order valence-corrected chi connectivity index (χ0v) is 19.8. The average molecular weight is 507 g/mol. The predicted octanol–water partition coefficient (Wildman–Crippen LogP) is 6.08. The first-order valence-corrected chi connectivity index (χ1v) is 11.0. The molecule has 0 bridgehead atoms. The molecule has 0 aliphatic heterocycles. The van der Waals surface area contributed by atoms with Crippen LogP contribution in [0.2, 0.25) is 0 Å². The van der Waals surface area contributed by atoms with Gasteiger partial charge in [0, 0.05) is 10.8 Å². The molecule has 0 unspecified atom stereocenters. The molecule has 0 aliphatic rings. The number of ether oxygens (including phenoxy) is 2. The summed E-state index contributed by atoms with van der Waals surface area (Å²) in [5.41, 5.74) is -0.311. The van der Waals surface area contributed by atoms with Gasteiger partial charge in [-0.1, -0.05) is 51.1 Å². The lowest BCUT2D eigenvalue weighted by molar-refractivity contribution is -0.274. The van der Waals surface area contributed by atoms with Gasteiger partial charge in [0.1, 0.15) is 30.0 Å². The number of carboxylic acid groups (broad SMARTS) is 1. The highest BCUT2D eigenvalue weighted by Crippen LogP contribution is 2.33. The number of benzene rings is 3. The Morgan fingerprint density at radius 1 is 1.00 bits per heavy atom. The Balaban J connectivity index is 1.94. The van der Waals surface area contributed by atoms with E-state index in [9.17, 15) is 32.3 Å². The molecule has 1 atom stereocenters. The summed E-state index contributed by atoms with van der Waals surface area (Å²) in [6.07, 6.45) is -4.35. The van der Waals surface area contributed by atoms with E-state index in [4.69, 9.17) is 4.74 Å². The van der Waals surface area contributed by atoms with Gasteiger partial charge in [-0.2, -0.15) is 0 Å². The molecule has 0 saturated heterocycles. The van der Waals surface area contributed by atoms with Gasteiger partial charge in [-0.15, -0.1) is 13.2 Å². The fraction of sp³-hybridized carbons (Fsp3) is 0.308. The number of aliphatic carboxylic acids is 1. The molecule has 0 spiro atoms. The van der Waals surface area contributed by atoms with Crippen molar-refractivity contribution in [1.29, 1.82) is 0 Å². The van der Waals surface area contributed by atoms with Gasteiger partial charge in [-0.05, 0) is 41.7 Å². The Labute approximate surface area is 204 Å². The highest BCUT2D eigenvalue weighted by molar-refractivity contribution is 6.05. The number of carbonyl (C=O) groups is 2. The molecule has 0 radical (unpaired) electrons. The summed E-state index contributed by atoms with van der Waals surface area (Å²) in [7, 11) is 0. The van der Waals surface area contributed by atoms with Gasteiger partial charge >= 0.3 is 12.3 Å². The Bertz CT molecular complexity index is 1260. The van der Waals surface area contributed by atoms with E-state index in [1.165, 1.54) is 36.4 Å². The van der Waals surface area contributed by atoms with Crippen LogP contribution in [0.15, 0.2) is 54.6 Å². The van der Waals surface area contributed by atoms with Crippen molar-refractivity contribution >= 4 is 22.6 Å². The minimum Gasteiger partial charge on any atom is -0.487 e. The first-order chi connectivity index (χ1) is 16.8. The first-order valence-electron chi connectivity index (χ1n) is 11.0. The van der Waals surface area contributed by atoms with Crippen LogP contribution in [0, 0.1) is 11.2 Å². The maximum absolute atomic E-state index is 14.4. The van der Waals surface area contributed by atoms with Crippen LogP contribution in [0.25, 0.3) is 10.8 Å². The quantitative estimate of drug-likeness (QED) is 0.343. The smallest absolute Gasteiger partial charge is 0.487 e. The second-order valence-corrected chi connectivity index (χ2v) is 8.84. The van der Waals surface area contributed by atoms with Crippen LogP contribution in [0.1, 0.15) is 43.1 Å². The molecule has 3 aromatic rings. The Kier molecular flexibility index (Phi) is 7.76. The molecule has 1 amide bonds. The molecule has 10 heteroatoms. The molecule has 0 heterocycles. The molecule has 192 valence electrons. The van der Waals surface area contributed by atoms with Crippen molar-refractivity contribution in [2.24, 2.45) is 5.41 Å². The predicted molar refractivity (Wildman–Crippen MR) is 124 cm³/mol. The molecule has 36 heavy (non-hydrogen) atoms. The molecular formula is C26H25F4NO5. The molecule has 2 N–H and O–H groups in total. The number of carboxylic acids is 1. The topological polar surface area (TPSA) is 84.9 Å². The van der Waals surface area contributed by atoms with E-state index >= 15 is 0 Å². The summed E-state index contributed by atoms with van der Waals surface area (Å²) in [4.78, 5) is 25.1. The number of fused-ring (bicyclic) bond motifs is 1. The molecule has 3 rings (SSSR count). The van der Waals surface area contributed by atoms with Gasteiger partial charge in [0.15, 0.2) is 0 Å². The van der Waals surface area contributed by atoms with Crippen molar-refractivity contribution < 1.29 is 41.7 Å². The maximum atomic E-state index is 14.4. The van der Waals surface area contributed by atoms with Gasteiger partial charge in [0.05, 0.1) is 5.56 Å².